The minimum absolute atomic E-state index is 0.158. The largest absolute Gasteiger partial charge is 0.508 e. The number of phenols is 1. The Morgan fingerprint density at radius 2 is 2.00 bits per heavy atom. The Balaban J connectivity index is 2.02. The van der Waals surface area contributed by atoms with E-state index in [0.717, 1.165) is 15.8 Å². The van der Waals surface area contributed by atoms with E-state index in [1.54, 1.807) is 16.5 Å². The molecule has 1 amide bonds. The molecule has 0 atom stereocenters. The lowest BCUT2D eigenvalue weighted by Crippen LogP contribution is -2.16. The first-order valence-electron chi connectivity index (χ1n) is 6.85. The molecule has 0 saturated heterocycles. The van der Waals surface area contributed by atoms with Crippen molar-refractivity contribution in [1.82, 2.24) is 9.38 Å². The number of pyridine rings is 1. The lowest BCUT2D eigenvalue weighted by molar-refractivity contribution is 0.102. The number of halogens is 1. The van der Waals surface area contributed by atoms with Crippen molar-refractivity contribution in [2.24, 2.45) is 0 Å². The first-order valence-corrected chi connectivity index (χ1v) is 7.64. The summed E-state index contributed by atoms with van der Waals surface area (Å²) in [5, 5.41) is 12.1. The van der Waals surface area contributed by atoms with Gasteiger partial charge in [0.05, 0.1) is 5.69 Å². The van der Waals surface area contributed by atoms with Crippen LogP contribution in [0.3, 0.4) is 0 Å². The number of fused-ring (bicyclic) bond motifs is 1. The van der Waals surface area contributed by atoms with E-state index < -0.39 is 0 Å². The molecule has 3 aromatic rings. The van der Waals surface area contributed by atoms with E-state index in [1.807, 2.05) is 25.3 Å². The maximum atomic E-state index is 12.6. The van der Waals surface area contributed by atoms with Gasteiger partial charge in [-0.05, 0) is 58.7 Å². The summed E-state index contributed by atoms with van der Waals surface area (Å²) in [4.78, 5) is 17.1. The van der Waals surface area contributed by atoms with Gasteiger partial charge < -0.3 is 10.4 Å². The van der Waals surface area contributed by atoms with Crippen molar-refractivity contribution in [2.45, 2.75) is 13.3 Å². The molecule has 0 bridgehead atoms. The van der Waals surface area contributed by atoms with Gasteiger partial charge in [-0.15, -0.1) is 0 Å². The highest BCUT2D eigenvalue weighted by molar-refractivity contribution is 9.10. The van der Waals surface area contributed by atoms with Gasteiger partial charge in [0, 0.05) is 16.4 Å². The third-order valence-electron chi connectivity index (χ3n) is 3.33. The lowest BCUT2D eigenvalue weighted by atomic mass is 10.2. The minimum atomic E-state index is -0.229. The maximum Gasteiger partial charge on any atom is 0.274 e. The fourth-order valence-electron chi connectivity index (χ4n) is 2.29. The predicted molar refractivity (Wildman–Crippen MR) is 88.3 cm³/mol. The standard InChI is InChI=1S/C16H14BrN3O2/c1-2-13-15(20-9-10(17)3-8-14(20)19-13)16(22)18-11-4-6-12(21)7-5-11/h3-9,21H,2H2,1H3,(H,18,22). The van der Waals surface area contributed by atoms with Crippen LogP contribution in [-0.2, 0) is 6.42 Å². The second-order valence-corrected chi connectivity index (χ2v) is 5.75. The Morgan fingerprint density at radius 1 is 1.27 bits per heavy atom. The van der Waals surface area contributed by atoms with Crippen LogP contribution in [0.25, 0.3) is 5.65 Å². The van der Waals surface area contributed by atoms with E-state index in [4.69, 9.17) is 0 Å². The Hall–Kier alpha value is -2.34. The summed E-state index contributed by atoms with van der Waals surface area (Å²) in [5.41, 5.74) is 2.62. The molecule has 2 N–H and O–H groups in total. The number of aromatic hydroxyl groups is 1. The fraction of sp³-hybridized carbons (Fsp3) is 0.125. The summed E-state index contributed by atoms with van der Waals surface area (Å²) < 4.78 is 2.65. The van der Waals surface area contributed by atoms with E-state index in [0.29, 0.717) is 17.8 Å². The molecule has 0 unspecified atom stereocenters. The zero-order chi connectivity index (χ0) is 15.7. The average Bonchev–Trinajstić information content (AvgIpc) is 2.87. The number of aryl methyl sites for hydroxylation is 1. The molecule has 2 heterocycles. The Kier molecular flexibility index (Phi) is 3.85. The number of benzene rings is 1. The molecule has 2 aromatic heterocycles. The molecule has 5 nitrogen and oxygen atoms in total. The summed E-state index contributed by atoms with van der Waals surface area (Å²) in [5.74, 6) is -0.0703. The van der Waals surface area contributed by atoms with Crippen LogP contribution in [0.1, 0.15) is 23.1 Å². The van der Waals surface area contributed by atoms with Crippen LogP contribution in [0.15, 0.2) is 47.1 Å². The van der Waals surface area contributed by atoms with Gasteiger partial charge in [-0.2, -0.15) is 0 Å². The van der Waals surface area contributed by atoms with Crippen LogP contribution in [-0.4, -0.2) is 20.4 Å². The molecule has 0 aliphatic carbocycles. The monoisotopic (exact) mass is 359 g/mol. The summed E-state index contributed by atoms with van der Waals surface area (Å²) in [6.45, 7) is 1.97. The molecule has 22 heavy (non-hydrogen) atoms. The van der Waals surface area contributed by atoms with Crippen LogP contribution < -0.4 is 5.32 Å². The number of rotatable bonds is 3. The molecule has 0 aliphatic rings. The topological polar surface area (TPSA) is 66.6 Å². The third kappa shape index (κ3) is 2.69. The average molecular weight is 360 g/mol. The van der Waals surface area contributed by atoms with Crippen molar-refractivity contribution >= 4 is 33.2 Å². The molecular weight excluding hydrogens is 346 g/mol. The number of amides is 1. The number of carbonyl (C=O) groups is 1. The highest BCUT2D eigenvalue weighted by Crippen LogP contribution is 2.20. The minimum Gasteiger partial charge on any atom is -0.508 e. The van der Waals surface area contributed by atoms with Crippen molar-refractivity contribution in [3.8, 4) is 5.75 Å². The van der Waals surface area contributed by atoms with Gasteiger partial charge in [0.15, 0.2) is 0 Å². The van der Waals surface area contributed by atoms with Gasteiger partial charge >= 0.3 is 0 Å². The molecule has 0 radical (unpaired) electrons. The van der Waals surface area contributed by atoms with Gasteiger partial charge in [-0.25, -0.2) is 4.98 Å². The highest BCUT2D eigenvalue weighted by Gasteiger charge is 2.18. The molecule has 0 spiro atoms. The van der Waals surface area contributed by atoms with E-state index in [-0.39, 0.29) is 11.7 Å². The number of phenolic OH excluding ortho intramolecular Hbond substituents is 1. The van der Waals surface area contributed by atoms with Crippen LogP contribution in [0, 0.1) is 0 Å². The number of hydrogen-bond donors (Lipinski definition) is 2. The molecule has 0 fully saturated rings. The number of nitrogens with zero attached hydrogens (tertiary/aromatic N) is 2. The van der Waals surface area contributed by atoms with Crippen LogP contribution >= 0.6 is 15.9 Å². The summed E-state index contributed by atoms with van der Waals surface area (Å²) in [7, 11) is 0. The quantitative estimate of drug-likeness (QED) is 0.701. The van der Waals surface area contributed by atoms with Crippen molar-refractivity contribution < 1.29 is 9.90 Å². The van der Waals surface area contributed by atoms with Crippen LogP contribution in [0.2, 0.25) is 0 Å². The Labute approximate surface area is 135 Å². The molecule has 6 heteroatoms. The smallest absolute Gasteiger partial charge is 0.274 e. The molecule has 0 aliphatic heterocycles. The maximum absolute atomic E-state index is 12.6. The van der Waals surface area contributed by atoms with Crippen LogP contribution in [0.5, 0.6) is 5.75 Å². The van der Waals surface area contributed by atoms with Crippen molar-refractivity contribution in [2.75, 3.05) is 5.32 Å². The molecular formula is C16H14BrN3O2. The van der Waals surface area contributed by atoms with Crippen molar-refractivity contribution in [3.05, 3.63) is 58.5 Å². The highest BCUT2D eigenvalue weighted by atomic mass is 79.9. The summed E-state index contributed by atoms with van der Waals surface area (Å²) in [6.07, 6.45) is 2.49. The summed E-state index contributed by atoms with van der Waals surface area (Å²) in [6, 6.07) is 10.1. The van der Waals surface area contributed by atoms with E-state index in [9.17, 15) is 9.90 Å². The number of nitrogens with one attached hydrogen (secondary N) is 1. The Morgan fingerprint density at radius 3 is 2.68 bits per heavy atom. The Bertz CT molecular complexity index is 840. The first kappa shape index (κ1) is 14.6. The summed E-state index contributed by atoms with van der Waals surface area (Å²) >= 11 is 3.41. The molecule has 3 rings (SSSR count). The zero-order valence-electron chi connectivity index (χ0n) is 11.9. The number of imidazole rings is 1. The van der Waals surface area contributed by atoms with E-state index in [1.165, 1.54) is 12.1 Å². The predicted octanol–water partition coefficient (Wildman–Crippen LogP) is 3.62. The first-order chi connectivity index (χ1) is 10.6. The van der Waals surface area contributed by atoms with Crippen molar-refractivity contribution in [3.63, 3.8) is 0 Å². The molecule has 0 saturated carbocycles. The lowest BCUT2D eigenvalue weighted by Gasteiger charge is -2.07. The molecule has 1 aromatic carbocycles. The van der Waals surface area contributed by atoms with Gasteiger partial charge in [0.1, 0.15) is 17.1 Å². The fourth-order valence-corrected chi connectivity index (χ4v) is 2.63. The molecule has 112 valence electrons. The van der Waals surface area contributed by atoms with Gasteiger partial charge in [-0.1, -0.05) is 6.92 Å². The van der Waals surface area contributed by atoms with Crippen molar-refractivity contribution in [1.29, 1.82) is 0 Å². The second-order valence-electron chi connectivity index (χ2n) is 4.84. The zero-order valence-corrected chi connectivity index (χ0v) is 13.5. The number of carbonyl (C=O) groups excluding carboxylic acids is 1. The van der Waals surface area contributed by atoms with Gasteiger partial charge in [0.2, 0.25) is 0 Å². The third-order valence-corrected chi connectivity index (χ3v) is 3.80. The number of anilines is 1. The van der Waals surface area contributed by atoms with E-state index in [2.05, 4.69) is 26.2 Å². The van der Waals surface area contributed by atoms with Crippen LogP contribution in [0.4, 0.5) is 5.69 Å². The van der Waals surface area contributed by atoms with Gasteiger partial charge in [-0.3, -0.25) is 9.20 Å². The normalized spacial score (nSPS) is 10.8. The number of aromatic nitrogens is 2. The SMILES string of the molecule is CCc1nc2ccc(Br)cn2c1C(=O)Nc1ccc(O)cc1. The second kappa shape index (κ2) is 5.81. The number of hydrogen-bond acceptors (Lipinski definition) is 3. The van der Waals surface area contributed by atoms with E-state index >= 15 is 0 Å². The van der Waals surface area contributed by atoms with Gasteiger partial charge in [0.25, 0.3) is 5.91 Å².